The third-order valence-corrected chi connectivity index (χ3v) is 7.54. The van der Waals surface area contributed by atoms with Crippen molar-refractivity contribution in [1.29, 1.82) is 0 Å². The summed E-state index contributed by atoms with van der Waals surface area (Å²) in [5.41, 5.74) is 7.78. The van der Waals surface area contributed by atoms with E-state index in [0.717, 1.165) is 0 Å². The summed E-state index contributed by atoms with van der Waals surface area (Å²) >= 11 is 0. The fourth-order valence-electron chi connectivity index (χ4n) is 4.35. The molecule has 0 fully saturated rings. The molecule has 1 aliphatic rings. The Labute approximate surface area is 170 Å². The van der Waals surface area contributed by atoms with E-state index < -0.39 is 9.76 Å². The highest BCUT2D eigenvalue weighted by Gasteiger charge is 2.43. The number of rotatable bonds is 7. The van der Waals surface area contributed by atoms with Crippen LogP contribution >= 0.6 is 0 Å². The maximum atomic E-state index is 6.51. The topological polar surface area (TPSA) is 18.5 Å². The van der Waals surface area contributed by atoms with Gasteiger partial charge in [-0.2, -0.15) is 0 Å². The maximum Gasteiger partial charge on any atom is 0.192 e. The molecule has 3 aromatic rings. The number of hydrogen-bond acceptors (Lipinski definition) is 2. The second-order valence-electron chi connectivity index (χ2n) is 7.66. The minimum atomic E-state index is -0.812. The summed E-state index contributed by atoms with van der Waals surface area (Å²) in [5.74, 6) is 0. The van der Waals surface area contributed by atoms with Crippen molar-refractivity contribution in [3.8, 4) is 11.1 Å². The first-order valence-electron chi connectivity index (χ1n) is 10.1. The summed E-state index contributed by atoms with van der Waals surface area (Å²) in [6.45, 7) is 8.47. The molecule has 1 aliphatic carbocycles. The van der Waals surface area contributed by atoms with Gasteiger partial charge >= 0.3 is 0 Å². The molecule has 0 atom stereocenters. The summed E-state index contributed by atoms with van der Waals surface area (Å²) in [7, 11) is -0.812. The molecule has 0 spiro atoms. The van der Waals surface area contributed by atoms with Crippen LogP contribution < -0.4 is 5.19 Å². The Hall–Kier alpha value is -2.20. The lowest BCUT2D eigenvalue weighted by Crippen LogP contribution is -2.38. The number of hydrogen-bond donors (Lipinski definition) is 0. The SMILES string of the molecule is CCOCC1(CO[SiH2]c2cccc(C)c2C)c2ccccc2-c2ccccc21. The lowest BCUT2D eigenvalue weighted by atomic mass is 9.79. The van der Waals surface area contributed by atoms with E-state index in [1.165, 1.54) is 38.6 Å². The van der Waals surface area contributed by atoms with Gasteiger partial charge in [-0.3, -0.25) is 0 Å². The molecule has 0 N–H and O–H groups in total. The molecule has 0 bridgehead atoms. The second kappa shape index (κ2) is 8.04. The van der Waals surface area contributed by atoms with Gasteiger partial charge in [-0.25, -0.2) is 0 Å². The Bertz CT molecular complexity index is 934. The van der Waals surface area contributed by atoms with E-state index in [4.69, 9.17) is 9.16 Å². The maximum absolute atomic E-state index is 6.51. The Balaban J connectivity index is 1.68. The normalized spacial score (nSPS) is 14.4. The Morgan fingerprint density at radius 3 is 2.07 bits per heavy atom. The van der Waals surface area contributed by atoms with E-state index in [2.05, 4.69) is 87.5 Å². The highest BCUT2D eigenvalue weighted by Crippen LogP contribution is 2.49. The summed E-state index contributed by atoms with van der Waals surface area (Å²) in [6.07, 6.45) is 0. The third-order valence-electron chi connectivity index (χ3n) is 6.05. The van der Waals surface area contributed by atoms with E-state index in [0.29, 0.717) is 19.8 Å². The van der Waals surface area contributed by atoms with Gasteiger partial charge in [-0.05, 0) is 59.3 Å². The molecule has 0 aliphatic heterocycles. The molecule has 0 saturated carbocycles. The Morgan fingerprint density at radius 2 is 1.43 bits per heavy atom. The highest BCUT2D eigenvalue weighted by atomic mass is 28.2. The lowest BCUT2D eigenvalue weighted by molar-refractivity contribution is 0.0852. The van der Waals surface area contributed by atoms with E-state index in [-0.39, 0.29) is 5.41 Å². The van der Waals surface area contributed by atoms with Crippen LogP contribution in [-0.4, -0.2) is 29.6 Å². The Kier molecular flexibility index (Phi) is 5.49. The largest absolute Gasteiger partial charge is 0.417 e. The molecule has 4 rings (SSSR count). The molecule has 144 valence electrons. The zero-order valence-electron chi connectivity index (χ0n) is 17.0. The standard InChI is InChI=1S/C25H28O2Si/c1-4-26-16-25(17-27-28-24-15-9-10-18(2)19(24)3)22-13-7-5-11-20(22)21-12-6-8-14-23(21)25/h5-15H,4,16-17,28H2,1-3H3. The molecular formula is C25H28O2Si. The number of benzene rings is 3. The van der Waals surface area contributed by atoms with Crippen LogP contribution in [0.25, 0.3) is 11.1 Å². The summed E-state index contributed by atoms with van der Waals surface area (Å²) in [4.78, 5) is 0. The first-order chi connectivity index (χ1) is 13.7. The van der Waals surface area contributed by atoms with Gasteiger partial charge in [0.2, 0.25) is 0 Å². The molecular weight excluding hydrogens is 360 g/mol. The van der Waals surface area contributed by atoms with Crippen LogP contribution in [0.1, 0.15) is 29.2 Å². The molecule has 3 heteroatoms. The van der Waals surface area contributed by atoms with Crippen molar-refractivity contribution in [2.24, 2.45) is 0 Å². The van der Waals surface area contributed by atoms with Crippen LogP contribution in [0.4, 0.5) is 0 Å². The van der Waals surface area contributed by atoms with Gasteiger partial charge in [0.05, 0.1) is 12.0 Å². The van der Waals surface area contributed by atoms with Gasteiger partial charge in [0, 0.05) is 13.2 Å². The van der Waals surface area contributed by atoms with Crippen molar-refractivity contribution in [2.75, 3.05) is 19.8 Å². The first kappa shape index (κ1) is 19.1. The monoisotopic (exact) mass is 388 g/mol. The van der Waals surface area contributed by atoms with Crippen molar-refractivity contribution < 1.29 is 9.16 Å². The zero-order valence-corrected chi connectivity index (χ0v) is 18.4. The van der Waals surface area contributed by atoms with Gasteiger partial charge in [0.1, 0.15) is 0 Å². The van der Waals surface area contributed by atoms with E-state index in [9.17, 15) is 0 Å². The molecule has 0 aromatic heterocycles. The molecule has 0 amide bonds. The van der Waals surface area contributed by atoms with Gasteiger partial charge in [-0.1, -0.05) is 66.7 Å². The van der Waals surface area contributed by atoms with E-state index >= 15 is 0 Å². The summed E-state index contributed by atoms with van der Waals surface area (Å²) < 4.78 is 12.5. The molecule has 28 heavy (non-hydrogen) atoms. The van der Waals surface area contributed by atoms with Crippen molar-refractivity contribution in [3.63, 3.8) is 0 Å². The van der Waals surface area contributed by atoms with Crippen LogP contribution in [0.15, 0.2) is 66.7 Å². The van der Waals surface area contributed by atoms with Gasteiger partial charge in [0.15, 0.2) is 9.76 Å². The number of fused-ring (bicyclic) bond motifs is 3. The first-order valence-corrected chi connectivity index (χ1v) is 11.4. The molecule has 0 unspecified atom stereocenters. The van der Waals surface area contributed by atoms with Crippen LogP contribution in [0.5, 0.6) is 0 Å². The summed E-state index contributed by atoms with van der Waals surface area (Å²) in [5, 5.41) is 1.39. The molecule has 2 nitrogen and oxygen atoms in total. The summed E-state index contributed by atoms with van der Waals surface area (Å²) in [6, 6.07) is 24.0. The third kappa shape index (κ3) is 3.24. The molecule has 0 heterocycles. The zero-order chi connectivity index (χ0) is 19.6. The van der Waals surface area contributed by atoms with Gasteiger partial charge < -0.3 is 9.16 Å². The van der Waals surface area contributed by atoms with Gasteiger partial charge in [0.25, 0.3) is 0 Å². The quantitative estimate of drug-likeness (QED) is 0.569. The van der Waals surface area contributed by atoms with Crippen LogP contribution in [0.3, 0.4) is 0 Å². The predicted octanol–water partition coefficient (Wildman–Crippen LogP) is 4.03. The predicted molar refractivity (Wildman–Crippen MR) is 119 cm³/mol. The molecule has 0 saturated heterocycles. The average molecular weight is 389 g/mol. The minimum Gasteiger partial charge on any atom is -0.417 e. The van der Waals surface area contributed by atoms with Crippen molar-refractivity contribution in [1.82, 2.24) is 0 Å². The molecule has 3 aromatic carbocycles. The van der Waals surface area contributed by atoms with Gasteiger partial charge in [-0.15, -0.1) is 0 Å². The fraction of sp³-hybridized carbons (Fsp3) is 0.280. The lowest BCUT2D eigenvalue weighted by Gasteiger charge is -2.32. The number of aryl methyl sites for hydroxylation is 1. The molecule has 0 radical (unpaired) electrons. The van der Waals surface area contributed by atoms with E-state index in [1.807, 2.05) is 0 Å². The van der Waals surface area contributed by atoms with Crippen LogP contribution in [0.2, 0.25) is 0 Å². The number of ether oxygens (including phenoxy) is 1. The van der Waals surface area contributed by atoms with E-state index in [1.54, 1.807) is 0 Å². The smallest absolute Gasteiger partial charge is 0.192 e. The fourth-order valence-corrected chi connectivity index (χ4v) is 5.75. The average Bonchev–Trinajstić information content (AvgIpc) is 3.00. The minimum absolute atomic E-state index is 0.228. The van der Waals surface area contributed by atoms with Crippen molar-refractivity contribution in [2.45, 2.75) is 26.2 Å². The van der Waals surface area contributed by atoms with Crippen molar-refractivity contribution in [3.05, 3.63) is 89.0 Å². The Morgan fingerprint density at radius 1 is 0.786 bits per heavy atom. The second-order valence-corrected chi connectivity index (χ2v) is 9.12. The van der Waals surface area contributed by atoms with Crippen LogP contribution in [-0.2, 0) is 14.6 Å². The van der Waals surface area contributed by atoms with Crippen molar-refractivity contribution >= 4 is 14.9 Å². The van der Waals surface area contributed by atoms with Crippen LogP contribution in [0, 0.1) is 13.8 Å². The highest BCUT2D eigenvalue weighted by molar-refractivity contribution is 6.47.